The SMILES string of the molecule is Cc1c(-c2cc(C(=O)Nc3nc4cc(C5CCN(C)CC5)ccc4n3CC(C)(C)O)ccn2)cnn1C. The molecule has 5 rings (SSSR count). The first-order valence-electron chi connectivity index (χ1n) is 12.8. The molecule has 0 radical (unpaired) electrons. The van der Waals surface area contributed by atoms with Gasteiger partial charge >= 0.3 is 0 Å². The zero-order valence-electron chi connectivity index (χ0n) is 22.2. The molecule has 37 heavy (non-hydrogen) atoms. The summed E-state index contributed by atoms with van der Waals surface area (Å²) in [6.07, 6.45) is 5.63. The fourth-order valence-corrected chi connectivity index (χ4v) is 5.03. The number of benzene rings is 1. The number of amides is 1. The molecule has 0 aliphatic carbocycles. The van der Waals surface area contributed by atoms with Crippen LogP contribution in [-0.2, 0) is 13.6 Å². The highest BCUT2D eigenvalue weighted by molar-refractivity contribution is 6.04. The third-order valence-electron chi connectivity index (χ3n) is 7.27. The highest BCUT2D eigenvalue weighted by atomic mass is 16.3. The zero-order valence-corrected chi connectivity index (χ0v) is 22.2. The minimum absolute atomic E-state index is 0.284. The predicted octanol–water partition coefficient (Wildman–Crippen LogP) is 3.97. The van der Waals surface area contributed by atoms with E-state index in [0.29, 0.717) is 29.7 Å². The summed E-state index contributed by atoms with van der Waals surface area (Å²) in [7, 11) is 4.04. The topological polar surface area (TPSA) is 101 Å². The van der Waals surface area contributed by atoms with E-state index in [1.165, 1.54) is 5.56 Å². The summed E-state index contributed by atoms with van der Waals surface area (Å²) < 4.78 is 3.67. The smallest absolute Gasteiger partial charge is 0.258 e. The summed E-state index contributed by atoms with van der Waals surface area (Å²) in [6, 6.07) is 9.81. The highest BCUT2D eigenvalue weighted by Gasteiger charge is 2.23. The maximum Gasteiger partial charge on any atom is 0.258 e. The Hall–Kier alpha value is -3.56. The molecule has 194 valence electrons. The van der Waals surface area contributed by atoms with Crippen LogP contribution in [0.25, 0.3) is 22.3 Å². The monoisotopic (exact) mass is 501 g/mol. The van der Waals surface area contributed by atoms with Gasteiger partial charge in [-0.3, -0.25) is 19.8 Å². The molecule has 1 aromatic carbocycles. The normalized spacial score (nSPS) is 15.4. The molecule has 4 aromatic rings. The second-order valence-corrected chi connectivity index (χ2v) is 10.8. The number of rotatable bonds is 6. The van der Waals surface area contributed by atoms with E-state index in [1.807, 2.05) is 18.5 Å². The van der Waals surface area contributed by atoms with E-state index in [2.05, 4.69) is 45.5 Å². The van der Waals surface area contributed by atoms with Crippen molar-refractivity contribution in [2.75, 3.05) is 25.5 Å². The largest absolute Gasteiger partial charge is 0.389 e. The van der Waals surface area contributed by atoms with Gasteiger partial charge in [0.15, 0.2) is 0 Å². The quantitative estimate of drug-likeness (QED) is 0.415. The Bertz CT molecular complexity index is 1440. The molecule has 9 nitrogen and oxygen atoms in total. The van der Waals surface area contributed by atoms with Gasteiger partial charge in [-0.15, -0.1) is 0 Å². The molecule has 2 N–H and O–H groups in total. The van der Waals surface area contributed by atoms with E-state index in [-0.39, 0.29) is 5.91 Å². The third kappa shape index (κ3) is 5.28. The van der Waals surface area contributed by atoms with E-state index in [1.54, 1.807) is 43.1 Å². The van der Waals surface area contributed by atoms with Crippen LogP contribution in [0.1, 0.15) is 54.2 Å². The molecule has 1 aliphatic heterocycles. The van der Waals surface area contributed by atoms with Crippen molar-refractivity contribution in [2.24, 2.45) is 7.05 Å². The van der Waals surface area contributed by atoms with Gasteiger partial charge in [-0.1, -0.05) is 6.07 Å². The number of hydrogen-bond acceptors (Lipinski definition) is 6. The summed E-state index contributed by atoms with van der Waals surface area (Å²) in [5, 5.41) is 17.9. The Kier molecular flexibility index (Phi) is 6.59. The van der Waals surface area contributed by atoms with Crippen LogP contribution in [0, 0.1) is 6.92 Å². The molecular weight excluding hydrogens is 466 g/mol. The van der Waals surface area contributed by atoms with Crippen LogP contribution in [0.2, 0.25) is 0 Å². The number of anilines is 1. The molecule has 0 unspecified atom stereocenters. The summed E-state index contributed by atoms with van der Waals surface area (Å²) >= 11 is 0. The lowest BCUT2D eigenvalue weighted by Gasteiger charge is -2.29. The maximum absolute atomic E-state index is 13.3. The van der Waals surface area contributed by atoms with E-state index in [9.17, 15) is 9.90 Å². The number of imidazole rings is 1. The van der Waals surface area contributed by atoms with Gasteiger partial charge in [-0.05, 0) is 89.5 Å². The Labute approximate surface area is 217 Å². The fourth-order valence-electron chi connectivity index (χ4n) is 5.03. The maximum atomic E-state index is 13.3. The molecule has 9 heteroatoms. The zero-order chi connectivity index (χ0) is 26.3. The van der Waals surface area contributed by atoms with Crippen molar-refractivity contribution >= 4 is 22.9 Å². The Morgan fingerprint density at radius 3 is 2.59 bits per heavy atom. The van der Waals surface area contributed by atoms with Crippen LogP contribution >= 0.6 is 0 Å². The van der Waals surface area contributed by atoms with Crippen LogP contribution in [0.5, 0.6) is 0 Å². The van der Waals surface area contributed by atoms with Crippen molar-refractivity contribution in [3.05, 3.63) is 59.5 Å². The summed E-state index contributed by atoms with van der Waals surface area (Å²) in [5.74, 6) is 0.635. The number of carbonyl (C=O) groups is 1. The molecule has 4 heterocycles. The Morgan fingerprint density at radius 1 is 1.16 bits per heavy atom. The highest BCUT2D eigenvalue weighted by Crippen LogP contribution is 2.31. The van der Waals surface area contributed by atoms with Crippen LogP contribution in [-0.4, -0.2) is 66.0 Å². The van der Waals surface area contributed by atoms with Crippen LogP contribution in [0.15, 0.2) is 42.7 Å². The fraction of sp³-hybridized carbons (Fsp3) is 0.429. The summed E-state index contributed by atoms with van der Waals surface area (Å²) in [5.41, 5.74) is 5.00. The van der Waals surface area contributed by atoms with Crippen molar-refractivity contribution in [3.8, 4) is 11.3 Å². The molecule has 3 aromatic heterocycles. The molecule has 1 saturated heterocycles. The second-order valence-electron chi connectivity index (χ2n) is 10.8. The van der Waals surface area contributed by atoms with Crippen molar-refractivity contribution in [2.45, 2.75) is 51.7 Å². The predicted molar refractivity (Wildman–Crippen MR) is 145 cm³/mol. The number of aliphatic hydroxyl groups is 1. The number of fused-ring (bicyclic) bond motifs is 1. The number of carbonyl (C=O) groups excluding carboxylic acids is 1. The first-order chi connectivity index (χ1) is 17.6. The Balaban J connectivity index is 1.47. The molecule has 1 aliphatic rings. The molecule has 1 fully saturated rings. The van der Waals surface area contributed by atoms with Gasteiger partial charge in [0.1, 0.15) is 0 Å². The van der Waals surface area contributed by atoms with Gasteiger partial charge in [0.25, 0.3) is 5.91 Å². The van der Waals surface area contributed by atoms with Crippen LogP contribution < -0.4 is 5.32 Å². The summed E-state index contributed by atoms with van der Waals surface area (Å²) in [4.78, 5) is 25.0. The minimum atomic E-state index is -0.985. The van der Waals surface area contributed by atoms with Crippen molar-refractivity contribution in [3.63, 3.8) is 0 Å². The van der Waals surface area contributed by atoms with E-state index >= 15 is 0 Å². The number of likely N-dealkylation sites (tertiary alicyclic amines) is 1. The van der Waals surface area contributed by atoms with E-state index in [4.69, 9.17) is 4.98 Å². The lowest BCUT2D eigenvalue weighted by molar-refractivity contribution is 0.0630. The van der Waals surface area contributed by atoms with Crippen molar-refractivity contribution in [1.82, 2.24) is 29.2 Å². The lowest BCUT2D eigenvalue weighted by atomic mass is 9.89. The van der Waals surface area contributed by atoms with Crippen molar-refractivity contribution < 1.29 is 9.90 Å². The number of pyridine rings is 1. The van der Waals surface area contributed by atoms with Crippen molar-refractivity contribution in [1.29, 1.82) is 0 Å². The molecule has 1 amide bonds. The third-order valence-corrected chi connectivity index (χ3v) is 7.27. The first-order valence-corrected chi connectivity index (χ1v) is 12.8. The first kappa shape index (κ1) is 25.1. The standard InChI is InChI=1S/C28H35N7O2/c1-18-22(16-30-34(18)5)23-15-21(8-11-29-23)26(36)32-27-31-24-14-20(19-9-12-33(4)13-10-19)6-7-25(24)35(27)17-28(2,3)37/h6-8,11,14-16,19,37H,9-10,12-13,17H2,1-5H3,(H,31,32,36). The van der Waals surface area contributed by atoms with Crippen LogP contribution in [0.4, 0.5) is 5.95 Å². The number of nitrogens with one attached hydrogen (secondary N) is 1. The van der Waals surface area contributed by atoms with Gasteiger partial charge in [-0.2, -0.15) is 5.10 Å². The second kappa shape index (κ2) is 9.72. The van der Waals surface area contributed by atoms with Gasteiger partial charge < -0.3 is 14.6 Å². The molecule has 0 saturated carbocycles. The Morgan fingerprint density at radius 2 is 1.92 bits per heavy atom. The number of aromatic nitrogens is 5. The average Bonchev–Trinajstić information content (AvgIpc) is 3.37. The summed E-state index contributed by atoms with van der Waals surface area (Å²) in [6.45, 7) is 7.94. The minimum Gasteiger partial charge on any atom is -0.389 e. The van der Waals surface area contributed by atoms with Gasteiger partial charge in [0.05, 0.1) is 35.1 Å². The number of piperidine rings is 1. The molecule has 0 atom stereocenters. The van der Waals surface area contributed by atoms with Gasteiger partial charge in [-0.25, -0.2) is 4.98 Å². The van der Waals surface area contributed by atoms with E-state index in [0.717, 1.165) is 48.2 Å². The average molecular weight is 502 g/mol. The molecular formula is C28H35N7O2. The lowest BCUT2D eigenvalue weighted by Crippen LogP contribution is -2.29. The number of aryl methyl sites for hydroxylation is 1. The number of hydrogen-bond donors (Lipinski definition) is 2. The van der Waals surface area contributed by atoms with Gasteiger partial charge in [0, 0.05) is 30.1 Å². The van der Waals surface area contributed by atoms with E-state index < -0.39 is 5.60 Å². The number of nitrogens with zero attached hydrogens (tertiary/aromatic N) is 6. The molecule has 0 bridgehead atoms. The van der Waals surface area contributed by atoms with Crippen LogP contribution in [0.3, 0.4) is 0 Å². The van der Waals surface area contributed by atoms with Gasteiger partial charge in [0.2, 0.25) is 5.95 Å². The molecule has 0 spiro atoms.